The summed E-state index contributed by atoms with van der Waals surface area (Å²) < 4.78 is 0. The Balaban J connectivity index is 2.23. The van der Waals surface area contributed by atoms with Crippen molar-refractivity contribution >= 4 is 0 Å². The lowest BCUT2D eigenvalue weighted by molar-refractivity contribution is 0.250. The molecule has 1 aromatic heterocycles. The smallest absolute Gasteiger partial charge is 0.114 e. The van der Waals surface area contributed by atoms with Gasteiger partial charge in [0.15, 0.2) is 0 Å². The molecule has 0 spiro atoms. The summed E-state index contributed by atoms with van der Waals surface area (Å²) in [5.41, 5.74) is 1.14. The van der Waals surface area contributed by atoms with Crippen molar-refractivity contribution in [3.8, 4) is 0 Å². The zero-order chi connectivity index (χ0) is 9.47. The fourth-order valence-corrected chi connectivity index (χ4v) is 1.52. The summed E-state index contributed by atoms with van der Waals surface area (Å²) in [6.45, 7) is 4.49. The van der Waals surface area contributed by atoms with Crippen LogP contribution in [0.2, 0.25) is 0 Å². The van der Waals surface area contributed by atoms with Crippen LogP contribution in [-0.4, -0.2) is 21.7 Å². The maximum Gasteiger partial charge on any atom is 0.114 e. The molecule has 2 N–H and O–H groups in total. The lowest BCUT2D eigenvalue weighted by Gasteiger charge is -2.07. The molecule has 13 heavy (non-hydrogen) atoms. The van der Waals surface area contributed by atoms with Crippen LogP contribution in [0.15, 0.2) is 6.20 Å². The number of H-pyrrole nitrogens is 1. The first-order chi connectivity index (χ1) is 6.18. The molecular weight excluding hydrogens is 164 g/mol. The average molecular weight is 180 g/mol. The van der Waals surface area contributed by atoms with Crippen LogP contribution in [0.1, 0.15) is 44.1 Å². The van der Waals surface area contributed by atoms with Gasteiger partial charge in [0.2, 0.25) is 0 Å². The van der Waals surface area contributed by atoms with Crippen molar-refractivity contribution in [2.45, 2.75) is 38.0 Å². The molecule has 1 aromatic rings. The Bertz CT molecular complexity index is 300. The highest BCUT2D eigenvalue weighted by molar-refractivity contribution is 5.21. The predicted octanol–water partition coefficient (Wildman–Crippen LogP) is 1.56. The molecular formula is C10H16N2O. The highest BCUT2D eigenvalue weighted by Gasteiger charge is 2.46. The van der Waals surface area contributed by atoms with Crippen LogP contribution in [-0.2, 0) is 5.41 Å². The van der Waals surface area contributed by atoms with E-state index >= 15 is 0 Å². The first kappa shape index (κ1) is 8.75. The number of aromatic amines is 1. The van der Waals surface area contributed by atoms with Gasteiger partial charge in [-0.25, -0.2) is 4.98 Å². The molecule has 1 aliphatic carbocycles. The second-order valence-electron chi connectivity index (χ2n) is 4.28. The normalized spacial score (nSPS) is 19.4. The number of hydrogen-bond donors (Lipinski definition) is 2. The quantitative estimate of drug-likeness (QED) is 0.741. The molecule has 0 bridgehead atoms. The van der Waals surface area contributed by atoms with Crippen molar-refractivity contribution in [3.05, 3.63) is 17.7 Å². The van der Waals surface area contributed by atoms with E-state index in [4.69, 9.17) is 0 Å². The van der Waals surface area contributed by atoms with Gasteiger partial charge in [0.05, 0.1) is 12.0 Å². The van der Waals surface area contributed by atoms with Gasteiger partial charge in [0, 0.05) is 11.9 Å². The highest BCUT2D eigenvalue weighted by atomic mass is 16.3. The Morgan fingerprint density at radius 3 is 2.69 bits per heavy atom. The van der Waals surface area contributed by atoms with Crippen molar-refractivity contribution in [1.82, 2.24) is 9.97 Å². The summed E-state index contributed by atoms with van der Waals surface area (Å²) in [7, 11) is 0. The monoisotopic (exact) mass is 180 g/mol. The van der Waals surface area contributed by atoms with E-state index < -0.39 is 0 Å². The second-order valence-corrected chi connectivity index (χ2v) is 4.28. The van der Waals surface area contributed by atoms with E-state index in [-0.39, 0.29) is 12.0 Å². The SMILES string of the molecule is CC(C)c1cnc(C2(CO)CC2)[nH]1. The van der Waals surface area contributed by atoms with Crippen LogP contribution in [0, 0.1) is 0 Å². The van der Waals surface area contributed by atoms with Crippen LogP contribution in [0.5, 0.6) is 0 Å². The summed E-state index contributed by atoms with van der Waals surface area (Å²) in [6, 6.07) is 0. The number of aliphatic hydroxyl groups excluding tert-OH is 1. The number of aromatic nitrogens is 2. The van der Waals surface area contributed by atoms with E-state index in [9.17, 15) is 5.11 Å². The summed E-state index contributed by atoms with van der Waals surface area (Å²) in [5, 5.41) is 9.20. The van der Waals surface area contributed by atoms with Gasteiger partial charge in [0.1, 0.15) is 5.82 Å². The van der Waals surface area contributed by atoms with Gasteiger partial charge in [-0.3, -0.25) is 0 Å². The number of nitrogens with zero attached hydrogens (tertiary/aromatic N) is 1. The topological polar surface area (TPSA) is 48.9 Å². The van der Waals surface area contributed by atoms with Crippen LogP contribution < -0.4 is 0 Å². The Morgan fingerprint density at radius 1 is 1.62 bits per heavy atom. The van der Waals surface area contributed by atoms with Crippen molar-refractivity contribution in [3.63, 3.8) is 0 Å². The Hall–Kier alpha value is -0.830. The van der Waals surface area contributed by atoms with Gasteiger partial charge in [0.25, 0.3) is 0 Å². The number of rotatable bonds is 3. The number of nitrogens with one attached hydrogen (secondary N) is 1. The molecule has 1 saturated carbocycles. The minimum Gasteiger partial charge on any atom is -0.395 e. The van der Waals surface area contributed by atoms with Crippen LogP contribution >= 0.6 is 0 Å². The Labute approximate surface area is 78.2 Å². The van der Waals surface area contributed by atoms with Crippen molar-refractivity contribution in [2.75, 3.05) is 6.61 Å². The molecule has 0 saturated heterocycles. The van der Waals surface area contributed by atoms with E-state index in [0.717, 1.165) is 24.4 Å². The largest absolute Gasteiger partial charge is 0.395 e. The molecule has 0 radical (unpaired) electrons. The van der Waals surface area contributed by atoms with Crippen molar-refractivity contribution in [2.24, 2.45) is 0 Å². The minimum atomic E-state index is -0.0207. The number of hydrogen-bond acceptors (Lipinski definition) is 2. The Morgan fingerprint density at radius 2 is 2.31 bits per heavy atom. The molecule has 1 heterocycles. The molecule has 72 valence electrons. The summed E-state index contributed by atoms with van der Waals surface area (Å²) in [6.07, 6.45) is 4.01. The van der Waals surface area contributed by atoms with Crippen molar-refractivity contribution < 1.29 is 5.11 Å². The molecule has 3 heteroatoms. The van der Waals surface area contributed by atoms with Crippen LogP contribution in [0.25, 0.3) is 0 Å². The molecule has 0 aromatic carbocycles. The third-order valence-electron chi connectivity index (χ3n) is 2.88. The molecule has 0 unspecified atom stereocenters. The van der Waals surface area contributed by atoms with Crippen LogP contribution in [0.3, 0.4) is 0 Å². The van der Waals surface area contributed by atoms with Gasteiger partial charge in [-0.05, 0) is 18.8 Å². The summed E-state index contributed by atoms with van der Waals surface area (Å²) in [5.74, 6) is 1.45. The van der Waals surface area contributed by atoms with Crippen LogP contribution in [0.4, 0.5) is 0 Å². The third kappa shape index (κ3) is 1.37. The minimum absolute atomic E-state index is 0.0207. The van der Waals surface area contributed by atoms with Gasteiger partial charge >= 0.3 is 0 Å². The fraction of sp³-hybridized carbons (Fsp3) is 0.700. The molecule has 2 rings (SSSR count). The van der Waals surface area contributed by atoms with E-state index in [2.05, 4.69) is 23.8 Å². The zero-order valence-corrected chi connectivity index (χ0v) is 8.17. The van der Waals surface area contributed by atoms with Gasteiger partial charge in [-0.2, -0.15) is 0 Å². The maximum atomic E-state index is 9.20. The lowest BCUT2D eigenvalue weighted by Crippen LogP contribution is -2.13. The van der Waals surface area contributed by atoms with Gasteiger partial charge in [-0.15, -0.1) is 0 Å². The molecule has 3 nitrogen and oxygen atoms in total. The summed E-state index contributed by atoms with van der Waals surface area (Å²) >= 11 is 0. The van der Waals surface area contributed by atoms with E-state index in [1.54, 1.807) is 0 Å². The van der Waals surface area contributed by atoms with Crippen molar-refractivity contribution in [1.29, 1.82) is 0 Å². The molecule has 0 amide bonds. The Kier molecular flexibility index (Phi) is 1.91. The zero-order valence-electron chi connectivity index (χ0n) is 8.17. The van der Waals surface area contributed by atoms with E-state index in [1.807, 2.05) is 6.20 Å². The summed E-state index contributed by atoms with van der Waals surface area (Å²) in [4.78, 5) is 7.62. The first-order valence-corrected chi connectivity index (χ1v) is 4.84. The fourth-order valence-electron chi connectivity index (χ4n) is 1.52. The molecule has 1 fully saturated rings. The standard InChI is InChI=1S/C10H16N2O/c1-7(2)8-5-11-9(12-8)10(6-13)3-4-10/h5,7,13H,3-4,6H2,1-2H3,(H,11,12). The predicted molar refractivity (Wildman–Crippen MR) is 50.7 cm³/mol. The number of aliphatic hydroxyl groups is 1. The second kappa shape index (κ2) is 2.84. The van der Waals surface area contributed by atoms with E-state index in [1.165, 1.54) is 0 Å². The average Bonchev–Trinajstić information content (AvgIpc) is 2.75. The lowest BCUT2D eigenvalue weighted by atomic mass is 10.1. The van der Waals surface area contributed by atoms with Gasteiger partial charge < -0.3 is 10.1 Å². The molecule has 0 aliphatic heterocycles. The highest BCUT2D eigenvalue weighted by Crippen LogP contribution is 2.46. The first-order valence-electron chi connectivity index (χ1n) is 4.84. The third-order valence-corrected chi connectivity index (χ3v) is 2.88. The molecule has 0 atom stereocenters. The van der Waals surface area contributed by atoms with E-state index in [0.29, 0.717) is 5.92 Å². The van der Waals surface area contributed by atoms with Gasteiger partial charge in [-0.1, -0.05) is 13.8 Å². The maximum absolute atomic E-state index is 9.20. The molecule has 1 aliphatic rings. The number of imidazole rings is 1.